The summed E-state index contributed by atoms with van der Waals surface area (Å²) < 4.78 is 25.9. The molecule has 1 amide bonds. The first-order valence-corrected chi connectivity index (χ1v) is 13.7. The maximum absolute atomic E-state index is 13.2. The molecule has 0 N–H and O–H groups in total. The molecule has 1 aliphatic rings. The summed E-state index contributed by atoms with van der Waals surface area (Å²) in [7, 11) is -1.35. The highest BCUT2D eigenvalue weighted by molar-refractivity contribution is 8.00. The summed E-state index contributed by atoms with van der Waals surface area (Å²) in [4.78, 5) is 19.5. The van der Waals surface area contributed by atoms with Gasteiger partial charge in [0.2, 0.25) is 5.91 Å². The molecule has 4 rings (SSSR count). The number of hydrogen-bond acceptors (Lipinski definition) is 5. The van der Waals surface area contributed by atoms with Crippen LogP contribution in [0.1, 0.15) is 24.5 Å². The van der Waals surface area contributed by atoms with Gasteiger partial charge in [-0.3, -0.25) is 9.36 Å². The number of aryl methyl sites for hydroxylation is 1. The van der Waals surface area contributed by atoms with Crippen molar-refractivity contribution in [1.82, 2.24) is 14.5 Å². The number of hydrogen-bond donors (Lipinski definition) is 0. The van der Waals surface area contributed by atoms with Crippen LogP contribution in [0.5, 0.6) is 0 Å². The Morgan fingerprint density at radius 3 is 2.55 bits per heavy atom. The molecule has 1 saturated heterocycles. The highest BCUT2D eigenvalue weighted by Crippen LogP contribution is 2.34. The van der Waals surface area contributed by atoms with Crippen molar-refractivity contribution in [3.8, 4) is 16.9 Å². The minimum Gasteiger partial charge on any atom is -0.341 e. The summed E-state index contributed by atoms with van der Waals surface area (Å²) in [5.41, 5.74) is 5.37. The molecular formula is C25H29N3O3S2. The van der Waals surface area contributed by atoms with E-state index in [0.29, 0.717) is 6.42 Å². The van der Waals surface area contributed by atoms with Crippen LogP contribution in [0.15, 0.2) is 59.9 Å². The second-order valence-electron chi connectivity index (χ2n) is 8.61. The van der Waals surface area contributed by atoms with E-state index in [1.807, 2.05) is 37.4 Å². The quantitative estimate of drug-likeness (QED) is 0.489. The summed E-state index contributed by atoms with van der Waals surface area (Å²) in [6.07, 6.45) is 2.35. The largest absolute Gasteiger partial charge is 0.341 e. The zero-order valence-corrected chi connectivity index (χ0v) is 21.0. The minimum absolute atomic E-state index is 0.0435. The van der Waals surface area contributed by atoms with E-state index in [0.717, 1.165) is 27.7 Å². The number of amides is 1. The van der Waals surface area contributed by atoms with Crippen LogP contribution < -0.4 is 0 Å². The molecule has 0 radical (unpaired) electrons. The second kappa shape index (κ2) is 9.35. The maximum atomic E-state index is 13.2. The van der Waals surface area contributed by atoms with Gasteiger partial charge in [0.25, 0.3) is 0 Å². The van der Waals surface area contributed by atoms with Crippen molar-refractivity contribution < 1.29 is 13.2 Å². The van der Waals surface area contributed by atoms with E-state index in [4.69, 9.17) is 4.98 Å². The molecule has 6 nitrogen and oxygen atoms in total. The van der Waals surface area contributed by atoms with Crippen molar-refractivity contribution in [3.63, 3.8) is 0 Å². The summed E-state index contributed by atoms with van der Waals surface area (Å²) in [5, 5.41) is 0.323. The minimum atomic E-state index is -3.05. The third-order valence-electron chi connectivity index (χ3n) is 6.35. The van der Waals surface area contributed by atoms with E-state index >= 15 is 0 Å². The number of sulfone groups is 1. The molecule has 0 aliphatic carbocycles. The molecule has 0 bridgehead atoms. The predicted octanol–water partition coefficient (Wildman–Crippen LogP) is 4.28. The van der Waals surface area contributed by atoms with Gasteiger partial charge in [0.15, 0.2) is 15.0 Å². The van der Waals surface area contributed by atoms with Crippen LogP contribution in [0, 0.1) is 13.8 Å². The number of carbonyl (C=O) groups excluding carboxylic acids is 1. The van der Waals surface area contributed by atoms with Crippen LogP contribution >= 0.6 is 11.8 Å². The van der Waals surface area contributed by atoms with Gasteiger partial charge >= 0.3 is 0 Å². The highest BCUT2D eigenvalue weighted by Gasteiger charge is 2.34. The summed E-state index contributed by atoms with van der Waals surface area (Å²) in [5.74, 6) is 0.106. The molecule has 8 heteroatoms. The Morgan fingerprint density at radius 1 is 1.15 bits per heavy atom. The highest BCUT2D eigenvalue weighted by atomic mass is 32.2. The lowest BCUT2D eigenvalue weighted by Gasteiger charge is -2.26. The summed E-state index contributed by atoms with van der Waals surface area (Å²) >= 11 is 1.40. The standard InChI is InChI=1S/C25H29N3O3S2/c1-17-9-8-12-22(18(17)2)28-23(20-10-6-5-7-11-20)15-26-25(28)32-19(3)24(29)27(4)21-13-14-33(30,31)16-21/h5-12,15,19,21H,13-14,16H2,1-4H3/t19-,21-/m0/s1. The van der Waals surface area contributed by atoms with Gasteiger partial charge in [-0.15, -0.1) is 0 Å². The molecule has 1 fully saturated rings. The Bertz CT molecular complexity index is 1270. The van der Waals surface area contributed by atoms with E-state index in [1.54, 1.807) is 11.9 Å². The number of rotatable bonds is 6. The van der Waals surface area contributed by atoms with Crippen LogP contribution in [0.2, 0.25) is 0 Å². The molecule has 1 aliphatic heterocycles. The topological polar surface area (TPSA) is 72.3 Å². The first-order chi connectivity index (χ1) is 15.7. The molecule has 0 unspecified atom stereocenters. The predicted molar refractivity (Wildman–Crippen MR) is 134 cm³/mol. The molecule has 3 aromatic rings. The first-order valence-electron chi connectivity index (χ1n) is 11.0. The summed E-state index contributed by atoms with van der Waals surface area (Å²) in [6.45, 7) is 6.04. The van der Waals surface area contributed by atoms with Gasteiger partial charge in [-0.1, -0.05) is 54.2 Å². The van der Waals surface area contributed by atoms with Gasteiger partial charge in [-0.25, -0.2) is 13.4 Å². The smallest absolute Gasteiger partial charge is 0.235 e. The molecule has 1 aromatic heterocycles. The van der Waals surface area contributed by atoms with Crippen LogP contribution in [0.3, 0.4) is 0 Å². The Kier molecular flexibility index (Phi) is 6.68. The van der Waals surface area contributed by atoms with Gasteiger partial charge in [-0.2, -0.15) is 0 Å². The van der Waals surface area contributed by atoms with Crippen LogP contribution in [-0.4, -0.2) is 58.6 Å². The van der Waals surface area contributed by atoms with E-state index in [-0.39, 0.29) is 23.5 Å². The fourth-order valence-electron chi connectivity index (χ4n) is 4.20. The maximum Gasteiger partial charge on any atom is 0.235 e. The molecule has 2 heterocycles. The van der Waals surface area contributed by atoms with Crippen molar-refractivity contribution >= 4 is 27.5 Å². The average molecular weight is 484 g/mol. The summed E-state index contributed by atoms with van der Waals surface area (Å²) in [6, 6.07) is 16.0. The number of aromatic nitrogens is 2. The zero-order chi connectivity index (χ0) is 23.8. The number of nitrogens with zero attached hydrogens (tertiary/aromatic N) is 3. The Labute approximate surface area is 199 Å². The van der Waals surface area contributed by atoms with Crippen LogP contribution in [-0.2, 0) is 14.6 Å². The number of benzene rings is 2. The van der Waals surface area contributed by atoms with E-state index < -0.39 is 15.1 Å². The molecule has 174 valence electrons. The Hall–Kier alpha value is -2.58. The van der Waals surface area contributed by atoms with E-state index in [2.05, 4.69) is 42.7 Å². The lowest BCUT2D eigenvalue weighted by atomic mass is 10.1. The average Bonchev–Trinajstić information content (AvgIpc) is 3.38. The molecule has 0 saturated carbocycles. The Morgan fingerprint density at radius 2 is 1.88 bits per heavy atom. The number of carbonyl (C=O) groups is 1. The van der Waals surface area contributed by atoms with Crippen LogP contribution in [0.25, 0.3) is 16.9 Å². The second-order valence-corrected chi connectivity index (χ2v) is 12.1. The van der Waals surface area contributed by atoms with E-state index in [1.165, 1.54) is 17.3 Å². The van der Waals surface area contributed by atoms with Crippen molar-refractivity contribution in [1.29, 1.82) is 0 Å². The molecule has 0 spiro atoms. The number of thioether (sulfide) groups is 1. The Balaban J connectivity index is 1.67. The van der Waals surface area contributed by atoms with Gasteiger partial charge in [0, 0.05) is 18.7 Å². The van der Waals surface area contributed by atoms with Gasteiger partial charge in [0.05, 0.1) is 34.3 Å². The first kappa shape index (κ1) is 23.6. The number of imidazole rings is 1. The third kappa shape index (κ3) is 4.87. The van der Waals surface area contributed by atoms with Crippen molar-refractivity contribution in [3.05, 3.63) is 65.9 Å². The van der Waals surface area contributed by atoms with Crippen LogP contribution in [0.4, 0.5) is 0 Å². The fourth-order valence-corrected chi connectivity index (χ4v) is 6.97. The SMILES string of the molecule is Cc1cccc(-n2c(-c3ccccc3)cnc2S[C@@H](C)C(=O)N(C)[C@H]2CCS(=O)(=O)C2)c1C. The van der Waals surface area contributed by atoms with Crippen molar-refractivity contribution in [2.75, 3.05) is 18.6 Å². The van der Waals surface area contributed by atoms with Gasteiger partial charge in [-0.05, 0) is 44.4 Å². The molecule has 33 heavy (non-hydrogen) atoms. The van der Waals surface area contributed by atoms with Crippen molar-refractivity contribution in [2.45, 2.75) is 43.6 Å². The van der Waals surface area contributed by atoms with Gasteiger partial charge < -0.3 is 4.90 Å². The van der Waals surface area contributed by atoms with Gasteiger partial charge in [0.1, 0.15) is 0 Å². The molecule has 2 aromatic carbocycles. The zero-order valence-electron chi connectivity index (χ0n) is 19.4. The van der Waals surface area contributed by atoms with Crippen molar-refractivity contribution in [2.24, 2.45) is 0 Å². The fraction of sp³-hybridized carbons (Fsp3) is 0.360. The molecule has 2 atom stereocenters. The monoisotopic (exact) mass is 483 g/mol. The lowest BCUT2D eigenvalue weighted by Crippen LogP contribution is -2.41. The molecular weight excluding hydrogens is 454 g/mol. The normalized spacial score (nSPS) is 18.2. The van der Waals surface area contributed by atoms with E-state index in [9.17, 15) is 13.2 Å². The third-order valence-corrected chi connectivity index (χ3v) is 9.15. The lowest BCUT2D eigenvalue weighted by molar-refractivity contribution is -0.130.